The Morgan fingerprint density at radius 2 is 2.16 bits per heavy atom. The van der Waals surface area contributed by atoms with Crippen LogP contribution in [0, 0.1) is 5.92 Å². The van der Waals surface area contributed by atoms with E-state index in [4.69, 9.17) is 15.7 Å². The summed E-state index contributed by atoms with van der Waals surface area (Å²) in [5, 5.41) is 11.8. The molecule has 1 aromatic rings. The first-order valence-electron chi connectivity index (χ1n) is 6.31. The number of oxime groups is 1. The lowest BCUT2D eigenvalue weighted by molar-refractivity contribution is 0.283. The molecular formula is C14H23N3O2. The number of rotatable bonds is 6. The van der Waals surface area contributed by atoms with Crippen molar-refractivity contribution in [3.63, 3.8) is 0 Å². The fraction of sp³-hybridized carbons (Fsp3) is 0.500. The molecule has 0 fully saturated rings. The third-order valence-corrected chi connectivity index (χ3v) is 2.80. The fourth-order valence-corrected chi connectivity index (χ4v) is 2.10. The Labute approximate surface area is 114 Å². The lowest BCUT2D eigenvalue weighted by Gasteiger charge is -2.20. The Morgan fingerprint density at radius 1 is 1.47 bits per heavy atom. The first-order chi connectivity index (χ1) is 8.97. The summed E-state index contributed by atoms with van der Waals surface area (Å²) >= 11 is 0. The lowest BCUT2D eigenvalue weighted by Crippen LogP contribution is -2.23. The van der Waals surface area contributed by atoms with Crippen LogP contribution in [0.25, 0.3) is 0 Å². The second-order valence-electron chi connectivity index (χ2n) is 5.10. The summed E-state index contributed by atoms with van der Waals surface area (Å²) in [4.78, 5) is 2.22. The van der Waals surface area contributed by atoms with E-state index in [0.717, 1.165) is 24.4 Å². The summed E-state index contributed by atoms with van der Waals surface area (Å²) in [5.74, 6) is 1.52. The van der Waals surface area contributed by atoms with E-state index in [9.17, 15) is 0 Å². The predicted octanol–water partition coefficient (Wildman–Crippen LogP) is 1.88. The molecular weight excluding hydrogens is 242 g/mol. The SMILES string of the molecule is COc1ccc(/C(N)=N/O)cc1CN(C)CC(C)C. The molecule has 0 aliphatic carbocycles. The van der Waals surface area contributed by atoms with Crippen molar-refractivity contribution in [3.05, 3.63) is 29.3 Å². The number of benzene rings is 1. The van der Waals surface area contributed by atoms with Crippen LogP contribution in [0.3, 0.4) is 0 Å². The highest BCUT2D eigenvalue weighted by molar-refractivity contribution is 5.97. The van der Waals surface area contributed by atoms with Crippen molar-refractivity contribution >= 4 is 5.84 Å². The largest absolute Gasteiger partial charge is 0.496 e. The summed E-state index contributed by atoms with van der Waals surface area (Å²) in [6.07, 6.45) is 0. The van der Waals surface area contributed by atoms with E-state index in [2.05, 4.69) is 31.0 Å². The second-order valence-corrected chi connectivity index (χ2v) is 5.10. The van der Waals surface area contributed by atoms with Crippen LogP contribution in [0.5, 0.6) is 5.75 Å². The summed E-state index contributed by atoms with van der Waals surface area (Å²) in [6, 6.07) is 5.51. The van der Waals surface area contributed by atoms with Gasteiger partial charge >= 0.3 is 0 Å². The van der Waals surface area contributed by atoms with E-state index in [1.54, 1.807) is 13.2 Å². The third-order valence-electron chi connectivity index (χ3n) is 2.80. The van der Waals surface area contributed by atoms with E-state index in [0.29, 0.717) is 11.5 Å². The molecule has 1 rings (SSSR count). The van der Waals surface area contributed by atoms with E-state index >= 15 is 0 Å². The Balaban J connectivity index is 2.96. The average Bonchev–Trinajstić information content (AvgIpc) is 2.36. The van der Waals surface area contributed by atoms with Crippen LogP contribution < -0.4 is 10.5 Å². The fourth-order valence-electron chi connectivity index (χ4n) is 2.10. The summed E-state index contributed by atoms with van der Waals surface area (Å²) in [5.41, 5.74) is 7.33. The van der Waals surface area contributed by atoms with Crippen LogP contribution in [-0.2, 0) is 6.54 Å². The van der Waals surface area contributed by atoms with Gasteiger partial charge in [-0.2, -0.15) is 0 Å². The zero-order valence-corrected chi connectivity index (χ0v) is 12.1. The number of nitrogens with zero attached hydrogens (tertiary/aromatic N) is 2. The minimum atomic E-state index is 0.107. The van der Waals surface area contributed by atoms with Crippen LogP contribution in [0.15, 0.2) is 23.4 Å². The number of methoxy groups -OCH3 is 1. The quantitative estimate of drug-likeness (QED) is 0.356. The van der Waals surface area contributed by atoms with Gasteiger partial charge in [0.15, 0.2) is 5.84 Å². The van der Waals surface area contributed by atoms with Gasteiger partial charge in [-0.15, -0.1) is 0 Å². The lowest BCUT2D eigenvalue weighted by atomic mass is 10.1. The molecule has 106 valence electrons. The zero-order valence-electron chi connectivity index (χ0n) is 12.1. The molecule has 5 heteroatoms. The topological polar surface area (TPSA) is 71.1 Å². The number of hydrogen-bond acceptors (Lipinski definition) is 4. The Bertz CT molecular complexity index is 444. The second kappa shape index (κ2) is 6.99. The normalized spacial score (nSPS) is 12.2. The molecule has 0 atom stereocenters. The highest BCUT2D eigenvalue weighted by Gasteiger charge is 2.10. The van der Waals surface area contributed by atoms with Gasteiger partial charge in [-0.3, -0.25) is 0 Å². The first kappa shape index (κ1) is 15.3. The van der Waals surface area contributed by atoms with Crippen molar-refractivity contribution in [2.45, 2.75) is 20.4 Å². The molecule has 5 nitrogen and oxygen atoms in total. The molecule has 0 aliphatic rings. The highest BCUT2D eigenvalue weighted by Crippen LogP contribution is 2.21. The van der Waals surface area contributed by atoms with Gasteiger partial charge in [0.05, 0.1) is 7.11 Å². The van der Waals surface area contributed by atoms with Crippen LogP contribution in [-0.4, -0.2) is 36.6 Å². The van der Waals surface area contributed by atoms with Crippen LogP contribution in [0.2, 0.25) is 0 Å². The van der Waals surface area contributed by atoms with Gasteiger partial charge in [0, 0.05) is 24.2 Å². The van der Waals surface area contributed by atoms with Gasteiger partial charge in [0.1, 0.15) is 5.75 Å². The Hall–Kier alpha value is -1.75. The van der Waals surface area contributed by atoms with Crippen LogP contribution >= 0.6 is 0 Å². The third kappa shape index (κ3) is 4.44. The molecule has 0 bridgehead atoms. The maximum atomic E-state index is 8.73. The van der Waals surface area contributed by atoms with Crippen molar-refractivity contribution in [1.29, 1.82) is 0 Å². The van der Waals surface area contributed by atoms with E-state index < -0.39 is 0 Å². The molecule has 0 unspecified atom stereocenters. The molecule has 0 heterocycles. The van der Waals surface area contributed by atoms with Gasteiger partial charge in [-0.25, -0.2) is 0 Å². The molecule has 3 N–H and O–H groups in total. The molecule has 0 saturated heterocycles. The van der Waals surface area contributed by atoms with Crippen LogP contribution in [0.4, 0.5) is 0 Å². The average molecular weight is 265 g/mol. The molecule has 0 aliphatic heterocycles. The minimum Gasteiger partial charge on any atom is -0.496 e. The highest BCUT2D eigenvalue weighted by atomic mass is 16.5. The number of amidine groups is 1. The summed E-state index contributed by atoms with van der Waals surface area (Å²) in [7, 11) is 3.71. The van der Waals surface area contributed by atoms with E-state index in [1.807, 2.05) is 12.1 Å². The maximum absolute atomic E-state index is 8.73. The number of hydrogen-bond donors (Lipinski definition) is 2. The molecule has 0 saturated carbocycles. The maximum Gasteiger partial charge on any atom is 0.170 e. The van der Waals surface area contributed by atoms with Crippen molar-refractivity contribution in [3.8, 4) is 5.75 Å². The summed E-state index contributed by atoms with van der Waals surface area (Å²) < 4.78 is 5.35. The van der Waals surface area contributed by atoms with Crippen LogP contribution in [0.1, 0.15) is 25.0 Å². The number of nitrogens with two attached hydrogens (primary N) is 1. The number of ether oxygens (including phenoxy) is 1. The molecule has 0 amide bonds. The molecule has 1 aromatic carbocycles. The van der Waals surface area contributed by atoms with Gasteiger partial charge in [-0.1, -0.05) is 19.0 Å². The van der Waals surface area contributed by atoms with Crippen molar-refractivity contribution < 1.29 is 9.94 Å². The standard InChI is InChI=1S/C14H23N3O2/c1-10(2)8-17(3)9-12-7-11(14(15)16-18)5-6-13(12)19-4/h5-7,10,18H,8-9H2,1-4H3,(H2,15,16). The van der Waals surface area contributed by atoms with Gasteiger partial charge in [0.2, 0.25) is 0 Å². The van der Waals surface area contributed by atoms with Gasteiger partial charge in [-0.05, 0) is 31.2 Å². The zero-order chi connectivity index (χ0) is 14.4. The molecule has 0 aromatic heterocycles. The van der Waals surface area contributed by atoms with Crippen molar-refractivity contribution in [2.75, 3.05) is 20.7 Å². The smallest absolute Gasteiger partial charge is 0.170 e. The monoisotopic (exact) mass is 265 g/mol. The molecule has 0 radical (unpaired) electrons. The summed E-state index contributed by atoms with van der Waals surface area (Å²) in [6.45, 7) is 6.12. The first-order valence-corrected chi connectivity index (χ1v) is 6.31. The minimum absolute atomic E-state index is 0.107. The van der Waals surface area contributed by atoms with Crippen molar-refractivity contribution in [2.24, 2.45) is 16.8 Å². The van der Waals surface area contributed by atoms with E-state index in [-0.39, 0.29) is 5.84 Å². The Kier molecular flexibility index (Phi) is 5.63. The molecule has 0 spiro atoms. The van der Waals surface area contributed by atoms with Crippen molar-refractivity contribution in [1.82, 2.24) is 4.90 Å². The predicted molar refractivity (Wildman–Crippen MR) is 76.7 cm³/mol. The Morgan fingerprint density at radius 3 is 2.68 bits per heavy atom. The van der Waals surface area contributed by atoms with E-state index in [1.165, 1.54) is 0 Å². The van der Waals surface area contributed by atoms with Gasteiger partial charge < -0.3 is 20.6 Å². The van der Waals surface area contributed by atoms with Gasteiger partial charge in [0.25, 0.3) is 0 Å². The molecule has 19 heavy (non-hydrogen) atoms.